The van der Waals surface area contributed by atoms with Gasteiger partial charge in [-0.15, -0.1) is 11.8 Å². The van der Waals surface area contributed by atoms with Crippen LogP contribution in [0.15, 0.2) is 29.2 Å². The fourth-order valence-corrected chi connectivity index (χ4v) is 1.97. The lowest BCUT2D eigenvalue weighted by Crippen LogP contribution is -2.17. The van der Waals surface area contributed by atoms with Gasteiger partial charge in [-0.1, -0.05) is 12.1 Å². The SMILES string of the molecule is NCCC(=O)Nc1ccccc1SCC(F)(F)F. The number of rotatable bonds is 5. The number of nitrogens with two attached hydrogens (primary N) is 1. The van der Waals surface area contributed by atoms with E-state index in [0.29, 0.717) is 22.3 Å². The molecule has 0 radical (unpaired) electrons. The average Bonchev–Trinajstić information content (AvgIpc) is 2.27. The standard InChI is InChI=1S/C11H13F3N2OS/c12-11(13,14)7-18-9-4-2-1-3-8(9)16-10(17)5-6-15/h1-4H,5-7,15H2,(H,16,17). The monoisotopic (exact) mass is 278 g/mol. The Morgan fingerprint density at radius 3 is 2.61 bits per heavy atom. The van der Waals surface area contributed by atoms with Crippen LogP contribution >= 0.6 is 11.8 Å². The zero-order valence-electron chi connectivity index (χ0n) is 9.46. The first kappa shape index (κ1) is 14.8. The maximum absolute atomic E-state index is 12.1. The Morgan fingerprint density at radius 2 is 2.00 bits per heavy atom. The fraction of sp³-hybridized carbons (Fsp3) is 0.364. The molecule has 3 nitrogen and oxygen atoms in total. The summed E-state index contributed by atoms with van der Waals surface area (Å²) in [5.74, 6) is -1.30. The van der Waals surface area contributed by atoms with Crippen LogP contribution in [0.25, 0.3) is 0 Å². The molecule has 0 aliphatic heterocycles. The van der Waals surface area contributed by atoms with Gasteiger partial charge in [-0.05, 0) is 12.1 Å². The number of benzene rings is 1. The van der Waals surface area contributed by atoms with E-state index in [9.17, 15) is 18.0 Å². The van der Waals surface area contributed by atoms with Gasteiger partial charge in [0.25, 0.3) is 0 Å². The Bertz CT molecular complexity index is 410. The van der Waals surface area contributed by atoms with Crippen LogP contribution < -0.4 is 11.1 Å². The Kier molecular flexibility index (Phi) is 5.49. The number of carbonyl (C=O) groups excluding carboxylic acids is 1. The van der Waals surface area contributed by atoms with Gasteiger partial charge >= 0.3 is 6.18 Å². The van der Waals surface area contributed by atoms with Crippen molar-refractivity contribution in [3.05, 3.63) is 24.3 Å². The van der Waals surface area contributed by atoms with Gasteiger partial charge in [0.05, 0.1) is 11.4 Å². The molecule has 0 fully saturated rings. The number of alkyl halides is 3. The number of amides is 1. The molecule has 0 aliphatic carbocycles. The molecule has 1 aromatic carbocycles. The summed E-state index contributed by atoms with van der Waals surface area (Å²) in [5.41, 5.74) is 5.60. The molecular weight excluding hydrogens is 265 g/mol. The highest BCUT2D eigenvalue weighted by Crippen LogP contribution is 2.32. The number of thioether (sulfide) groups is 1. The molecule has 0 unspecified atom stereocenters. The second kappa shape index (κ2) is 6.65. The Morgan fingerprint density at radius 1 is 1.33 bits per heavy atom. The van der Waals surface area contributed by atoms with E-state index >= 15 is 0 Å². The van der Waals surface area contributed by atoms with Crippen molar-refractivity contribution in [3.63, 3.8) is 0 Å². The lowest BCUT2D eigenvalue weighted by molar-refractivity contribution is -0.116. The minimum atomic E-state index is -4.24. The van der Waals surface area contributed by atoms with Crippen LogP contribution in [0.4, 0.5) is 18.9 Å². The van der Waals surface area contributed by atoms with Gasteiger partial charge in [-0.3, -0.25) is 4.79 Å². The van der Waals surface area contributed by atoms with Crippen LogP contribution in [-0.4, -0.2) is 24.4 Å². The van der Waals surface area contributed by atoms with Gasteiger partial charge in [-0.25, -0.2) is 0 Å². The third kappa shape index (κ3) is 5.42. The second-order valence-electron chi connectivity index (χ2n) is 3.49. The van der Waals surface area contributed by atoms with Crippen LogP contribution in [-0.2, 0) is 4.79 Å². The van der Waals surface area contributed by atoms with Crippen molar-refractivity contribution in [3.8, 4) is 0 Å². The third-order valence-electron chi connectivity index (χ3n) is 1.92. The molecule has 0 saturated carbocycles. The largest absolute Gasteiger partial charge is 0.398 e. The Balaban J connectivity index is 2.70. The lowest BCUT2D eigenvalue weighted by atomic mass is 10.3. The summed E-state index contributed by atoms with van der Waals surface area (Å²) in [6, 6.07) is 6.37. The normalized spacial score (nSPS) is 11.3. The van der Waals surface area contributed by atoms with E-state index < -0.39 is 11.9 Å². The van der Waals surface area contributed by atoms with E-state index in [0.717, 1.165) is 0 Å². The van der Waals surface area contributed by atoms with Gasteiger partial charge in [0.15, 0.2) is 0 Å². The Labute approximate surface area is 107 Å². The summed E-state index contributed by atoms with van der Waals surface area (Å²) >= 11 is 0.643. The number of halogens is 3. The number of hydrogen-bond donors (Lipinski definition) is 2. The average molecular weight is 278 g/mol. The molecule has 7 heteroatoms. The maximum Gasteiger partial charge on any atom is 0.398 e. The van der Waals surface area contributed by atoms with Crippen LogP contribution in [0, 0.1) is 0 Å². The smallest absolute Gasteiger partial charge is 0.330 e. The Hall–Kier alpha value is -1.21. The quantitative estimate of drug-likeness (QED) is 0.814. The predicted molar refractivity (Wildman–Crippen MR) is 65.5 cm³/mol. The molecular formula is C11H13F3N2OS. The van der Waals surface area contributed by atoms with Gasteiger partial charge in [-0.2, -0.15) is 13.2 Å². The van der Waals surface area contributed by atoms with Crippen molar-refractivity contribution in [1.29, 1.82) is 0 Å². The summed E-state index contributed by atoms with van der Waals surface area (Å²) < 4.78 is 36.4. The van der Waals surface area contributed by atoms with Gasteiger partial charge in [0.2, 0.25) is 5.91 Å². The van der Waals surface area contributed by atoms with Crippen molar-refractivity contribution in [2.24, 2.45) is 5.73 Å². The van der Waals surface area contributed by atoms with Crippen molar-refractivity contribution in [2.45, 2.75) is 17.5 Å². The number of carbonyl (C=O) groups is 1. The number of hydrogen-bond acceptors (Lipinski definition) is 3. The van der Waals surface area contributed by atoms with E-state index in [2.05, 4.69) is 5.32 Å². The van der Waals surface area contributed by atoms with Gasteiger partial charge in [0, 0.05) is 17.9 Å². The molecule has 0 spiro atoms. The first-order valence-corrected chi connectivity index (χ1v) is 6.19. The summed E-state index contributed by atoms with van der Waals surface area (Å²) in [6.45, 7) is 0.198. The predicted octanol–water partition coefficient (Wildman–Crippen LogP) is 2.63. The molecule has 3 N–H and O–H groups in total. The third-order valence-corrected chi connectivity index (χ3v) is 3.06. The highest BCUT2D eigenvalue weighted by atomic mass is 32.2. The van der Waals surface area contributed by atoms with Crippen LogP contribution in [0.1, 0.15) is 6.42 Å². The highest BCUT2D eigenvalue weighted by Gasteiger charge is 2.27. The second-order valence-corrected chi connectivity index (χ2v) is 4.50. The lowest BCUT2D eigenvalue weighted by Gasteiger charge is -2.11. The molecule has 18 heavy (non-hydrogen) atoms. The molecule has 1 aromatic rings. The first-order chi connectivity index (χ1) is 8.42. The summed E-state index contributed by atoms with van der Waals surface area (Å²) in [6.07, 6.45) is -4.10. The summed E-state index contributed by atoms with van der Waals surface area (Å²) in [7, 11) is 0. The first-order valence-electron chi connectivity index (χ1n) is 5.21. The highest BCUT2D eigenvalue weighted by molar-refractivity contribution is 7.99. The van der Waals surface area contributed by atoms with E-state index in [1.54, 1.807) is 18.2 Å². The van der Waals surface area contributed by atoms with Crippen molar-refractivity contribution in [1.82, 2.24) is 0 Å². The van der Waals surface area contributed by atoms with Gasteiger partial charge in [0.1, 0.15) is 0 Å². The van der Waals surface area contributed by atoms with Crippen molar-refractivity contribution < 1.29 is 18.0 Å². The van der Waals surface area contributed by atoms with E-state index in [4.69, 9.17) is 5.73 Å². The molecule has 100 valence electrons. The molecule has 0 aromatic heterocycles. The molecule has 0 aliphatic rings. The minimum Gasteiger partial charge on any atom is -0.330 e. The zero-order chi connectivity index (χ0) is 13.6. The fourth-order valence-electron chi connectivity index (χ4n) is 1.20. The molecule has 1 amide bonds. The number of nitrogens with one attached hydrogen (secondary N) is 1. The zero-order valence-corrected chi connectivity index (χ0v) is 10.3. The van der Waals surface area contributed by atoms with Crippen molar-refractivity contribution >= 4 is 23.4 Å². The van der Waals surface area contributed by atoms with Crippen LogP contribution in [0.3, 0.4) is 0 Å². The molecule has 1 rings (SSSR count). The van der Waals surface area contributed by atoms with Crippen molar-refractivity contribution in [2.75, 3.05) is 17.6 Å². The summed E-state index contributed by atoms with van der Waals surface area (Å²) in [5, 5.41) is 2.54. The molecule has 0 bridgehead atoms. The molecule has 0 atom stereocenters. The van der Waals surface area contributed by atoms with E-state index in [1.807, 2.05) is 0 Å². The van der Waals surface area contributed by atoms with E-state index in [1.165, 1.54) is 6.07 Å². The number of para-hydroxylation sites is 1. The summed E-state index contributed by atoms with van der Waals surface area (Å²) in [4.78, 5) is 11.7. The van der Waals surface area contributed by atoms with Gasteiger partial charge < -0.3 is 11.1 Å². The van der Waals surface area contributed by atoms with Crippen LogP contribution in [0.2, 0.25) is 0 Å². The molecule has 0 heterocycles. The van der Waals surface area contributed by atoms with E-state index in [-0.39, 0.29) is 18.9 Å². The number of anilines is 1. The van der Waals surface area contributed by atoms with Crippen LogP contribution in [0.5, 0.6) is 0 Å². The molecule has 0 saturated heterocycles. The topological polar surface area (TPSA) is 55.1 Å². The maximum atomic E-state index is 12.1. The minimum absolute atomic E-state index is 0.137.